The Kier molecular flexibility index (Phi) is 5.51. The summed E-state index contributed by atoms with van der Waals surface area (Å²) in [6.45, 7) is 3.87. The molecular formula is C18H23N3O3. The van der Waals surface area contributed by atoms with E-state index in [2.05, 4.69) is 10.2 Å². The van der Waals surface area contributed by atoms with E-state index in [0.29, 0.717) is 31.9 Å². The molecule has 2 amide bonds. The van der Waals surface area contributed by atoms with Crippen LogP contribution in [0.4, 0.5) is 4.79 Å². The van der Waals surface area contributed by atoms with Gasteiger partial charge in [0.25, 0.3) is 0 Å². The Bertz CT molecular complexity index is 622. The van der Waals surface area contributed by atoms with Crippen molar-refractivity contribution in [1.29, 1.82) is 0 Å². The second-order valence-electron chi connectivity index (χ2n) is 5.96. The number of hydrogen-bond donors (Lipinski definition) is 2. The van der Waals surface area contributed by atoms with Gasteiger partial charge in [-0.25, -0.2) is 4.79 Å². The molecule has 0 unspecified atom stereocenters. The number of nitrogens with one attached hydrogen (secondary N) is 1. The third-order valence-corrected chi connectivity index (χ3v) is 4.25. The molecule has 2 N–H and O–H groups in total. The fraction of sp³-hybridized carbons (Fsp3) is 0.389. The van der Waals surface area contributed by atoms with E-state index in [1.165, 1.54) is 0 Å². The number of furan rings is 1. The lowest BCUT2D eigenvalue weighted by molar-refractivity contribution is 0.0691. The zero-order chi connectivity index (χ0) is 16.8. The first-order chi connectivity index (χ1) is 11.7. The summed E-state index contributed by atoms with van der Waals surface area (Å²) in [5, 5.41) is 13.1. The van der Waals surface area contributed by atoms with E-state index < -0.39 is 6.10 Å². The molecule has 1 saturated heterocycles. The van der Waals surface area contributed by atoms with Gasteiger partial charge in [0, 0.05) is 39.3 Å². The van der Waals surface area contributed by atoms with Crippen LogP contribution in [0, 0.1) is 0 Å². The van der Waals surface area contributed by atoms with Crippen LogP contribution >= 0.6 is 0 Å². The summed E-state index contributed by atoms with van der Waals surface area (Å²) < 4.78 is 5.22. The van der Waals surface area contributed by atoms with E-state index in [1.807, 2.05) is 35.2 Å². The number of hydrogen-bond acceptors (Lipinski definition) is 4. The summed E-state index contributed by atoms with van der Waals surface area (Å²) in [6, 6.07) is 13.4. The normalized spacial score (nSPS) is 16.8. The van der Waals surface area contributed by atoms with Gasteiger partial charge < -0.3 is 19.7 Å². The van der Waals surface area contributed by atoms with Gasteiger partial charge in [-0.1, -0.05) is 30.3 Å². The fourth-order valence-corrected chi connectivity index (χ4v) is 2.83. The van der Waals surface area contributed by atoms with E-state index in [-0.39, 0.29) is 6.03 Å². The number of nitrogens with zero attached hydrogens (tertiary/aromatic N) is 2. The van der Waals surface area contributed by atoms with E-state index in [1.54, 1.807) is 18.4 Å². The van der Waals surface area contributed by atoms with Crippen molar-refractivity contribution in [3.8, 4) is 0 Å². The van der Waals surface area contributed by atoms with E-state index in [9.17, 15) is 9.90 Å². The smallest absolute Gasteiger partial charge is 0.317 e. The molecule has 1 fully saturated rings. The zero-order valence-corrected chi connectivity index (χ0v) is 13.6. The van der Waals surface area contributed by atoms with Crippen molar-refractivity contribution in [1.82, 2.24) is 15.1 Å². The standard InChI is InChI=1S/C18H23N3O3/c22-16(17-7-4-12-24-17)14-20-8-10-21(11-9-20)18(23)19-13-15-5-2-1-3-6-15/h1-7,12,16,22H,8-11,13-14H2,(H,19,23)/t16-/m0/s1. The van der Waals surface area contributed by atoms with Crippen molar-refractivity contribution >= 4 is 6.03 Å². The Balaban J connectivity index is 1.40. The van der Waals surface area contributed by atoms with Crippen molar-refractivity contribution in [2.45, 2.75) is 12.6 Å². The third kappa shape index (κ3) is 4.37. The Morgan fingerprint density at radius 3 is 2.54 bits per heavy atom. The summed E-state index contributed by atoms with van der Waals surface area (Å²) in [4.78, 5) is 16.2. The quantitative estimate of drug-likeness (QED) is 0.878. The highest BCUT2D eigenvalue weighted by atomic mass is 16.4. The first kappa shape index (κ1) is 16.5. The molecule has 1 aromatic carbocycles. The maximum Gasteiger partial charge on any atom is 0.317 e. The van der Waals surface area contributed by atoms with Crippen molar-refractivity contribution in [2.75, 3.05) is 32.7 Å². The van der Waals surface area contributed by atoms with Crippen LogP contribution in [0.5, 0.6) is 0 Å². The highest BCUT2D eigenvalue weighted by Crippen LogP contribution is 2.15. The molecule has 0 radical (unpaired) electrons. The van der Waals surface area contributed by atoms with Gasteiger partial charge in [0.1, 0.15) is 11.9 Å². The molecule has 0 spiro atoms. The molecule has 1 aromatic heterocycles. The third-order valence-electron chi connectivity index (χ3n) is 4.25. The van der Waals surface area contributed by atoms with Crippen molar-refractivity contribution in [3.05, 3.63) is 60.1 Å². The second-order valence-corrected chi connectivity index (χ2v) is 5.96. The molecule has 128 valence electrons. The predicted molar refractivity (Wildman–Crippen MR) is 90.4 cm³/mol. The SMILES string of the molecule is O=C(NCc1ccccc1)N1CCN(C[C@H](O)c2ccco2)CC1. The number of amides is 2. The van der Waals surface area contributed by atoms with Crippen molar-refractivity contribution < 1.29 is 14.3 Å². The van der Waals surface area contributed by atoms with Gasteiger partial charge in [0.05, 0.1) is 6.26 Å². The first-order valence-electron chi connectivity index (χ1n) is 8.23. The Morgan fingerprint density at radius 1 is 1.12 bits per heavy atom. The van der Waals surface area contributed by atoms with Gasteiger partial charge in [0.15, 0.2) is 0 Å². The summed E-state index contributed by atoms with van der Waals surface area (Å²) in [5.74, 6) is 0.582. The minimum absolute atomic E-state index is 0.0370. The molecule has 1 aliphatic rings. The van der Waals surface area contributed by atoms with Crippen LogP contribution in [0.3, 0.4) is 0 Å². The van der Waals surface area contributed by atoms with Crippen LogP contribution in [0.1, 0.15) is 17.4 Å². The molecule has 6 heteroatoms. The monoisotopic (exact) mass is 329 g/mol. The molecule has 1 atom stereocenters. The molecule has 1 aliphatic heterocycles. The molecule has 0 bridgehead atoms. The largest absolute Gasteiger partial charge is 0.467 e. The fourth-order valence-electron chi connectivity index (χ4n) is 2.83. The topological polar surface area (TPSA) is 69.0 Å². The van der Waals surface area contributed by atoms with Crippen LogP contribution in [0.25, 0.3) is 0 Å². The van der Waals surface area contributed by atoms with Crippen LogP contribution in [-0.4, -0.2) is 53.7 Å². The predicted octanol–water partition coefficient (Wildman–Crippen LogP) is 1.84. The van der Waals surface area contributed by atoms with Gasteiger partial charge in [-0.2, -0.15) is 0 Å². The molecule has 2 heterocycles. The van der Waals surface area contributed by atoms with E-state index in [0.717, 1.165) is 18.7 Å². The maximum atomic E-state index is 12.2. The van der Waals surface area contributed by atoms with Gasteiger partial charge >= 0.3 is 6.03 Å². The van der Waals surface area contributed by atoms with Gasteiger partial charge in [-0.15, -0.1) is 0 Å². The number of urea groups is 1. The Hall–Kier alpha value is -2.31. The summed E-state index contributed by atoms with van der Waals surface area (Å²) >= 11 is 0. The van der Waals surface area contributed by atoms with Crippen molar-refractivity contribution in [2.24, 2.45) is 0 Å². The molecule has 24 heavy (non-hydrogen) atoms. The molecule has 3 rings (SSSR count). The number of β-amino-alcohol motifs (C(OH)–C–C–N with tert-alkyl or cyclic N) is 1. The lowest BCUT2D eigenvalue weighted by atomic mass is 10.2. The number of benzene rings is 1. The zero-order valence-electron chi connectivity index (χ0n) is 13.6. The summed E-state index contributed by atoms with van der Waals surface area (Å²) in [6.07, 6.45) is 0.937. The lowest BCUT2D eigenvalue weighted by Gasteiger charge is -2.35. The number of carbonyl (C=O) groups is 1. The van der Waals surface area contributed by atoms with Crippen LogP contribution in [0.2, 0.25) is 0 Å². The lowest BCUT2D eigenvalue weighted by Crippen LogP contribution is -2.52. The minimum atomic E-state index is -0.626. The molecule has 2 aromatic rings. The number of carbonyl (C=O) groups excluding carboxylic acids is 1. The Labute approximate surface area is 141 Å². The van der Waals surface area contributed by atoms with E-state index >= 15 is 0 Å². The van der Waals surface area contributed by atoms with Crippen LogP contribution in [0.15, 0.2) is 53.1 Å². The van der Waals surface area contributed by atoms with Gasteiger partial charge in [-0.05, 0) is 17.7 Å². The number of aliphatic hydroxyl groups excluding tert-OH is 1. The Morgan fingerprint density at radius 2 is 1.88 bits per heavy atom. The summed E-state index contributed by atoms with van der Waals surface area (Å²) in [7, 11) is 0. The van der Waals surface area contributed by atoms with Crippen molar-refractivity contribution in [3.63, 3.8) is 0 Å². The van der Waals surface area contributed by atoms with Gasteiger partial charge in [0.2, 0.25) is 0 Å². The van der Waals surface area contributed by atoms with Crippen LogP contribution < -0.4 is 5.32 Å². The highest BCUT2D eigenvalue weighted by molar-refractivity contribution is 5.74. The number of rotatable bonds is 5. The average Bonchev–Trinajstić information content (AvgIpc) is 3.16. The van der Waals surface area contributed by atoms with E-state index in [4.69, 9.17) is 4.42 Å². The second kappa shape index (κ2) is 7.99. The first-order valence-corrected chi connectivity index (χ1v) is 8.23. The number of piperazine rings is 1. The summed E-state index contributed by atoms with van der Waals surface area (Å²) in [5.41, 5.74) is 1.09. The van der Waals surface area contributed by atoms with Crippen LogP contribution in [-0.2, 0) is 6.54 Å². The maximum absolute atomic E-state index is 12.2. The number of aliphatic hydroxyl groups is 1. The minimum Gasteiger partial charge on any atom is -0.467 e. The van der Waals surface area contributed by atoms with Gasteiger partial charge in [-0.3, -0.25) is 4.90 Å². The highest BCUT2D eigenvalue weighted by Gasteiger charge is 2.23. The molecule has 0 saturated carbocycles. The molecular weight excluding hydrogens is 306 g/mol. The average molecular weight is 329 g/mol. The molecule has 0 aliphatic carbocycles. The molecule has 6 nitrogen and oxygen atoms in total.